The van der Waals surface area contributed by atoms with E-state index in [9.17, 15) is 9.90 Å². The Morgan fingerprint density at radius 3 is 2.79 bits per heavy atom. The Hall–Kier alpha value is -0.420. The number of hydrogen-bond acceptors (Lipinski definition) is 3. The van der Waals surface area contributed by atoms with Crippen molar-refractivity contribution in [3.63, 3.8) is 0 Å². The van der Waals surface area contributed by atoms with Crippen LogP contribution in [0.2, 0.25) is 0 Å². The minimum atomic E-state index is -0.374. The monoisotopic (exact) mass is 288 g/mol. The molecular weight excluding hydrogens is 260 g/mol. The first-order valence-electron chi connectivity index (χ1n) is 7.39. The molecule has 0 spiro atoms. The summed E-state index contributed by atoms with van der Waals surface area (Å²) in [5.74, 6) is 3.00. The Morgan fingerprint density at radius 2 is 2.11 bits per heavy atom. The van der Waals surface area contributed by atoms with E-state index in [0.29, 0.717) is 6.54 Å². The summed E-state index contributed by atoms with van der Waals surface area (Å²) in [6, 6.07) is -0.205. The van der Waals surface area contributed by atoms with Crippen LogP contribution in [0.25, 0.3) is 0 Å². The fourth-order valence-electron chi connectivity index (χ4n) is 2.19. The molecule has 0 radical (unpaired) electrons. The van der Waals surface area contributed by atoms with Gasteiger partial charge in [0.15, 0.2) is 0 Å². The number of amides is 2. The Balaban J connectivity index is 2.01. The number of carbonyl (C=O) groups excluding carboxylic acids is 1. The molecule has 5 heteroatoms. The molecule has 2 amide bonds. The highest BCUT2D eigenvalue weighted by molar-refractivity contribution is 7.99. The molecule has 0 heterocycles. The zero-order valence-electron chi connectivity index (χ0n) is 12.2. The van der Waals surface area contributed by atoms with Crippen LogP contribution in [0.15, 0.2) is 0 Å². The topological polar surface area (TPSA) is 61.4 Å². The second-order valence-electron chi connectivity index (χ2n) is 5.68. The van der Waals surface area contributed by atoms with Crippen LogP contribution in [0.1, 0.15) is 46.0 Å². The molecule has 1 aliphatic carbocycles. The minimum Gasteiger partial charge on any atom is -0.391 e. The van der Waals surface area contributed by atoms with Crippen molar-refractivity contribution in [1.29, 1.82) is 0 Å². The fraction of sp³-hybridized carbons (Fsp3) is 0.929. The summed E-state index contributed by atoms with van der Waals surface area (Å²) in [6.07, 6.45) is 4.47. The smallest absolute Gasteiger partial charge is 0.315 e. The summed E-state index contributed by atoms with van der Waals surface area (Å²) in [7, 11) is 0. The largest absolute Gasteiger partial charge is 0.391 e. The molecule has 2 unspecified atom stereocenters. The zero-order chi connectivity index (χ0) is 14.1. The molecule has 1 saturated carbocycles. The van der Waals surface area contributed by atoms with Crippen LogP contribution in [-0.4, -0.2) is 41.3 Å². The summed E-state index contributed by atoms with van der Waals surface area (Å²) >= 11 is 1.94. The van der Waals surface area contributed by atoms with Crippen LogP contribution in [0.4, 0.5) is 4.79 Å². The molecule has 0 saturated heterocycles. The highest BCUT2D eigenvalue weighted by atomic mass is 32.2. The van der Waals surface area contributed by atoms with Crippen LogP contribution >= 0.6 is 11.8 Å². The summed E-state index contributed by atoms with van der Waals surface area (Å²) in [6.45, 7) is 5.14. The third-order valence-corrected chi connectivity index (χ3v) is 4.73. The van der Waals surface area contributed by atoms with E-state index in [-0.39, 0.29) is 18.2 Å². The molecular formula is C14H28N2O2S. The Labute approximate surface area is 121 Å². The molecule has 0 bridgehead atoms. The van der Waals surface area contributed by atoms with Crippen LogP contribution < -0.4 is 10.6 Å². The zero-order valence-corrected chi connectivity index (χ0v) is 13.0. The van der Waals surface area contributed by atoms with E-state index in [1.54, 1.807) is 0 Å². The van der Waals surface area contributed by atoms with Crippen LogP contribution in [0, 0.1) is 5.92 Å². The first kappa shape index (κ1) is 16.6. The number of nitrogens with one attached hydrogen (secondary N) is 2. The lowest BCUT2D eigenvalue weighted by Crippen LogP contribution is -2.49. The molecule has 0 aromatic rings. The third kappa shape index (κ3) is 7.67. The summed E-state index contributed by atoms with van der Waals surface area (Å²) < 4.78 is 0. The van der Waals surface area contributed by atoms with Gasteiger partial charge in [-0.15, -0.1) is 0 Å². The van der Waals surface area contributed by atoms with E-state index in [2.05, 4.69) is 24.5 Å². The van der Waals surface area contributed by atoms with Gasteiger partial charge in [-0.3, -0.25) is 0 Å². The number of thioether (sulfide) groups is 1. The molecule has 3 N–H and O–H groups in total. The van der Waals surface area contributed by atoms with Crippen LogP contribution in [0.3, 0.4) is 0 Å². The molecule has 112 valence electrons. The van der Waals surface area contributed by atoms with Gasteiger partial charge in [-0.25, -0.2) is 4.79 Å². The summed E-state index contributed by atoms with van der Waals surface area (Å²) in [5, 5.41) is 15.5. The average molecular weight is 288 g/mol. The van der Waals surface area contributed by atoms with E-state index in [0.717, 1.165) is 43.8 Å². The predicted octanol–water partition coefficient (Wildman–Crippen LogP) is 2.37. The van der Waals surface area contributed by atoms with Crippen LogP contribution in [-0.2, 0) is 0 Å². The van der Waals surface area contributed by atoms with Gasteiger partial charge in [0.2, 0.25) is 0 Å². The predicted molar refractivity (Wildman–Crippen MR) is 81.6 cm³/mol. The van der Waals surface area contributed by atoms with Crippen molar-refractivity contribution in [3.05, 3.63) is 0 Å². The highest BCUT2D eigenvalue weighted by Gasteiger charge is 2.24. The fourth-order valence-corrected chi connectivity index (χ4v) is 3.18. The maximum Gasteiger partial charge on any atom is 0.315 e. The van der Waals surface area contributed by atoms with Crippen molar-refractivity contribution < 1.29 is 9.90 Å². The van der Waals surface area contributed by atoms with Gasteiger partial charge in [-0.05, 0) is 36.7 Å². The standard InChI is InChI=1S/C14H28N2O2S/c1-11(2)10-19-9-5-8-15-14(18)16-12-6-3-4-7-13(12)17/h11-13,17H,3-10H2,1-2H3,(H2,15,16,18). The number of aliphatic hydroxyl groups excluding tert-OH is 1. The number of urea groups is 1. The second-order valence-corrected chi connectivity index (χ2v) is 6.83. The molecule has 19 heavy (non-hydrogen) atoms. The molecule has 1 fully saturated rings. The Kier molecular flexibility index (Phi) is 8.30. The molecule has 4 nitrogen and oxygen atoms in total. The third-order valence-electron chi connectivity index (χ3n) is 3.25. The van der Waals surface area contributed by atoms with Gasteiger partial charge in [0, 0.05) is 6.54 Å². The van der Waals surface area contributed by atoms with Crippen molar-refractivity contribution in [2.24, 2.45) is 5.92 Å². The lowest BCUT2D eigenvalue weighted by atomic mass is 9.93. The van der Waals surface area contributed by atoms with Gasteiger partial charge in [0.25, 0.3) is 0 Å². The van der Waals surface area contributed by atoms with Gasteiger partial charge in [0.05, 0.1) is 12.1 Å². The summed E-state index contributed by atoms with van der Waals surface area (Å²) in [5.41, 5.74) is 0. The van der Waals surface area contributed by atoms with E-state index in [1.807, 2.05) is 11.8 Å². The molecule has 0 aliphatic heterocycles. The molecule has 1 aliphatic rings. The molecule has 2 atom stereocenters. The second kappa shape index (κ2) is 9.48. The van der Waals surface area contributed by atoms with Gasteiger partial charge in [-0.2, -0.15) is 11.8 Å². The lowest BCUT2D eigenvalue weighted by molar-refractivity contribution is 0.0943. The number of carbonyl (C=O) groups is 1. The van der Waals surface area contributed by atoms with Gasteiger partial charge in [-0.1, -0.05) is 26.7 Å². The number of hydrogen-bond donors (Lipinski definition) is 3. The van der Waals surface area contributed by atoms with E-state index in [1.165, 1.54) is 5.75 Å². The van der Waals surface area contributed by atoms with Crippen molar-refractivity contribution in [1.82, 2.24) is 10.6 Å². The van der Waals surface area contributed by atoms with E-state index < -0.39 is 0 Å². The van der Waals surface area contributed by atoms with Crippen molar-refractivity contribution in [3.8, 4) is 0 Å². The normalized spacial score (nSPS) is 23.4. The van der Waals surface area contributed by atoms with Gasteiger partial charge in [0.1, 0.15) is 0 Å². The van der Waals surface area contributed by atoms with Crippen LogP contribution in [0.5, 0.6) is 0 Å². The quantitative estimate of drug-likeness (QED) is 0.630. The van der Waals surface area contributed by atoms with Gasteiger partial charge >= 0.3 is 6.03 Å². The molecule has 0 aromatic carbocycles. The first-order valence-corrected chi connectivity index (χ1v) is 8.55. The van der Waals surface area contributed by atoms with Crippen molar-refractivity contribution in [2.45, 2.75) is 58.1 Å². The maximum atomic E-state index is 11.7. The SMILES string of the molecule is CC(C)CSCCCNC(=O)NC1CCCCC1O. The lowest BCUT2D eigenvalue weighted by Gasteiger charge is -2.28. The number of rotatable bonds is 7. The Morgan fingerprint density at radius 1 is 1.37 bits per heavy atom. The van der Waals surface area contributed by atoms with Crippen molar-refractivity contribution >= 4 is 17.8 Å². The molecule has 0 aromatic heterocycles. The average Bonchev–Trinajstić information content (AvgIpc) is 2.36. The van der Waals surface area contributed by atoms with Crippen molar-refractivity contribution in [2.75, 3.05) is 18.1 Å². The first-order chi connectivity index (χ1) is 9.09. The van der Waals surface area contributed by atoms with E-state index >= 15 is 0 Å². The van der Waals surface area contributed by atoms with Gasteiger partial charge < -0.3 is 15.7 Å². The minimum absolute atomic E-state index is 0.0657. The summed E-state index contributed by atoms with van der Waals surface area (Å²) in [4.78, 5) is 11.7. The highest BCUT2D eigenvalue weighted by Crippen LogP contribution is 2.18. The molecule has 1 rings (SSSR count). The Bertz CT molecular complexity index is 262. The van der Waals surface area contributed by atoms with E-state index in [4.69, 9.17) is 0 Å². The maximum absolute atomic E-state index is 11.7. The number of aliphatic hydroxyl groups is 1.